The van der Waals surface area contributed by atoms with Gasteiger partial charge in [-0.25, -0.2) is 4.98 Å². The predicted octanol–water partition coefficient (Wildman–Crippen LogP) is 0.805. The van der Waals surface area contributed by atoms with Crippen LogP contribution in [0.5, 0.6) is 0 Å². The minimum absolute atomic E-state index is 0.423. The van der Waals surface area contributed by atoms with E-state index in [1.54, 1.807) is 12.7 Å². The molecule has 0 atom stereocenters. The Labute approximate surface area is 151 Å². The molecule has 0 bridgehead atoms. The highest BCUT2D eigenvalue weighted by molar-refractivity contribution is 5.47. The van der Waals surface area contributed by atoms with E-state index in [9.17, 15) is 0 Å². The lowest BCUT2D eigenvalue weighted by atomic mass is 9.96. The predicted molar refractivity (Wildman–Crippen MR) is 96.0 cm³/mol. The summed E-state index contributed by atoms with van der Waals surface area (Å²) in [6, 6.07) is 4.09. The SMILES string of the molecule is c1ncn(CCN2CCC(c3nnc4ccc(N5CCC5)nn34)CC2)n1. The molecule has 2 aliphatic heterocycles. The minimum Gasteiger partial charge on any atom is -0.355 e. The molecule has 0 unspecified atom stereocenters. The van der Waals surface area contributed by atoms with E-state index in [0.29, 0.717) is 5.92 Å². The van der Waals surface area contributed by atoms with Crippen LogP contribution in [0, 0.1) is 0 Å². The molecule has 0 aliphatic carbocycles. The highest BCUT2D eigenvalue weighted by Gasteiger charge is 2.25. The highest BCUT2D eigenvalue weighted by atomic mass is 15.4. The van der Waals surface area contributed by atoms with Crippen LogP contribution in [0.15, 0.2) is 24.8 Å². The Bertz CT molecular complexity index is 860. The van der Waals surface area contributed by atoms with Gasteiger partial charge in [0.2, 0.25) is 0 Å². The molecular weight excluding hydrogens is 330 g/mol. The normalized spacial score (nSPS) is 19.2. The molecular formula is C17H23N9. The Balaban J connectivity index is 1.25. The molecule has 2 aliphatic rings. The van der Waals surface area contributed by atoms with Crippen LogP contribution in [-0.2, 0) is 6.54 Å². The zero-order chi connectivity index (χ0) is 17.3. The molecule has 2 saturated heterocycles. The molecule has 0 aromatic carbocycles. The van der Waals surface area contributed by atoms with Crippen LogP contribution in [0.3, 0.4) is 0 Å². The van der Waals surface area contributed by atoms with Crippen LogP contribution in [-0.4, -0.2) is 72.2 Å². The van der Waals surface area contributed by atoms with E-state index in [1.165, 1.54) is 6.42 Å². The van der Waals surface area contributed by atoms with Crippen LogP contribution < -0.4 is 4.90 Å². The number of hydrogen-bond donors (Lipinski definition) is 0. The molecule has 9 heteroatoms. The summed E-state index contributed by atoms with van der Waals surface area (Å²) >= 11 is 0. The Kier molecular flexibility index (Phi) is 4.00. The van der Waals surface area contributed by atoms with Gasteiger partial charge in [0.25, 0.3) is 0 Å². The molecule has 0 N–H and O–H groups in total. The van der Waals surface area contributed by atoms with Crippen LogP contribution >= 0.6 is 0 Å². The van der Waals surface area contributed by atoms with Crippen molar-refractivity contribution in [3.8, 4) is 0 Å². The Morgan fingerprint density at radius 2 is 1.88 bits per heavy atom. The first-order valence-corrected chi connectivity index (χ1v) is 9.39. The second kappa shape index (κ2) is 6.64. The molecule has 26 heavy (non-hydrogen) atoms. The average molecular weight is 353 g/mol. The summed E-state index contributed by atoms with van der Waals surface area (Å²) in [4.78, 5) is 8.78. The summed E-state index contributed by atoms with van der Waals surface area (Å²) in [7, 11) is 0. The maximum absolute atomic E-state index is 4.81. The van der Waals surface area contributed by atoms with Gasteiger partial charge < -0.3 is 9.80 Å². The van der Waals surface area contributed by atoms with Gasteiger partial charge in [-0.05, 0) is 44.5 Å². The Morgan fingerprint density at radius 3 is 2.62 bits per heavy atom. The number of anilines is 1. The maximum atomic E-state index is 4.81. The summed E-state index contributed by atoms with van der Waals surface area (Å²) in [5.41, 5.74) is 0.845. The number of rotatable bonds is 5. The van der Waals surface area contributed by atoms with Gasteiger partial charge in [-0.1, -0.05) is 0 Å². The van der Waals surface area contributed by atoms with E-state index in [0.717, 1.165) is 69.4 Å². The smallest absolute Gasteiger partial charge is 0.178 e. The standard InChI is InChI=1S/C17H23N9/c1-6-24(7-1)16-3-2-15-20-21-17(26(15)22-16)14-4-8-23(9-5-14)10-11-25-13-18-12-19-25/h2-3,12-14H,1,4-11H2. The van der Waals surface area contributed by atoms with Crippen molar-refractivity contribution in [2.24, 2.45) is 0 Å². The van der Waals surface area contributed by atoms with Gasteiger partial charge in [0, 0.05) is 25.6 Å². The fraction of sp³-hybridized carbons (Fsp3) is 0.588. The van der Waals surface area contributed by atoms with Gasteiger partial charge in [0.05, 0.1) is 6.54 Å². The van der Waals surface area contributed by atoms with E-state index in [-0.39, 0.29) is 0 Å². The molecule has 0 saturated carbocycles. The lowest BCUT2D eigenvalue weighted by Gasteiger charge is -2.32. The monoisotopic (exact) mass is 353 g/mol. The van der Waals surface area contributed by atoms with Crippen LogP contribution in [0.4, 0.5) is 5.82 Å². The summed E-state index contributed by atoms with van der Waals surface area (Å²) in [5, 5.41) is 17.8. The van der Waals surface area contributed by atoms with E-state index in [1.807, 2.05) is 15.3 Å². The first-order valence-electron chi connectivity index (χ1n) is 9.39. The molecule has 136 valence electrons. The lowest BCUT2D eigenvalue weighted by molar-refractivity contribution is 0.199. The van der Waals surface area contributed by atoms with Crippen molar-refractivity contribution in [2.45, 2.75) is 31.7 Å². The van der Waals surface area contributed by atoms with Gasteiger partial charge in [0.1, 0.15) is 18.5 Å². The highest BCUT2D eigenvalue weighted by Crippen LogP contribution is 2.27. The molecule has 0 amide bonds. The summed E-state index contributed by atoms with van der Waals surface area (Å²) in [6.07, 6.45) is 6.80. The molecule has 5 heterocycles. The zero-order valence-corrected chi connectivity index (χ0v) is 14.8. The molecule has 3 aromatic rings. The fourth-order valence-corrected chi connectivity index (χ4v) is 3.77. The number of piperidine rings is 1. The number of fused-ring (bicyclic) bond motifs is 1. The number of nitrogens with zero attached hydrogens (tertiary/aromatic N) is 9. The van der Waals surface area contributed by atoms with Crippen molar-refractivity contribution < 1.29 is 0 Å². The van der Waals surface area contributed by atoms with E-state index < -0.39 is 0 Å². The number of aromatic nitrogens is 7. The van der Waals surface area contributed by atoms with E-state index in [2.05, 4.69) is 36.1 Å². The lowest BCUT2D eigenvalue weighted by Crippen LogP contribution is -2.38. The Hall–Kier alpha value is -2.55. The fourth-order valence-electron chi connectivity index (χ4n) is 3.77. The molecule has 0 radical (unpaired) electrons. The number of likely N-dealkylation sites (tertiary alicyclic amines) is 1. The van der Waals surface area contributed by atoms with Crippen molar-refractivity contribution in [3.05, 3.63) is 30.6 Å². The first kappa shape index (κ1) is 15.7. The van der Waals surface area contributed by atoms with Crippen molar-refractivity contribution in [1.82, 2.24) is 39.5 Å². The maximum Gasteiger partial charge on any atom is 0.178 e. The van der Waals surface area contributed by atoms with Crippen molar-refractivity contribution in [3.63, 3.8) is 0 Å². The summed E-state index contributed by atoms with van der Waals surface area (Å²) in [6.45, 7) is 6.23. The summed E-state index contributed by atoms with van der Waals surface area (Å²) in [5.74, 6) is 2.47. The van der Waals surface area contributed by atoms with Crippen molar-refractivity contribution >= 4 is 11.5 Å². The molecule has 9 nitrogen and oxygen atoms in total. The largest absolute Gasteiger partial charge is 0.355 e. The quantitative estimate of drug-likeness (QED) is 0.671. The van der Waals surface area contributed by atoms with Crippen molar-refractivity contribution in [1.29, 1.82) is 0 Å². The third-order valence-corrected chi connectivity index (χ3v) is 5.52. The van der Waals surface area contributed by atoms with Crippen LogP contribution in [0.1, 0.15) is 31.0 Å². The third kappa shape index (κ3) is 2.92. The summed E-state index contributed by atoms with van der Waals surface area (Å²) < 4.78 is 3.85. The van der Waals surface area contributed by atoms with Gasteiger partial charge in [-0.3, -0.25) is 4.68 Å². The first-order chi connectivity index (χ1) is 12.9. The second-order valence-corrected chi connectivity index (χ2v) is 7.13. The van der Waals surface area contributed by atoms with Crippen molar-refractivity contribution in [2.75, 3.05) is 37.6 Å². The van der Waals surface area contributed by atoms with Gasteiger partial charge in [0.15, 0.2) is 11.5 Å². The molecule has 3 aromatic heterocycles. The molecule has 2 fully saturated rings. The number of hydrogen-bond acceptors (Lipinski definition) is 7. The van der Waals surface area contributed by atoms with E-state index >= 15 is 0 Å². The Morgan fingerprint density at radius 1 is 1.00 bits per heavy atom. The molecule has 5 rings (SSSR count). The van der Waals surface area contributed by atoms with Crippen LogP contribution in [0.25, 0.3) is 5.65 Å². The van der Waals surface area contributed by atoms with Gasteiger partial charge >= 0.3 is 0 Å². The minimum atomic E-state index is 0.423. The zero-order valence-electron chi connectivity index (χ0n) is 14.8. The third-order valence-electron chi connectivity index (χ3n) is 5.52. The van der Waals surface area contributed by atoms with Gasteiger partial charge in [-0.15, -0.1) is 15.3 Å². The topological polar surface area (TPSA) is 80.3 Å². The average Bonchev–Trinajstić information content (AvgIpc) is 3.28. The second-order valence-electron chi connectivity index (χ2n) is 7.13. The van der Waals surface area contributed by atoms with Gasteiger partial charge in [-0.2, -0.15) is 9.61 Å². The van der Waals surface area contributed by atoms with Crippen LogP contribution in [0.2, 0.25) is 0 Å². The van der Waals surface area contributed by atoms with E-state index in [4.69, 9.17) is 5.10 Å². The molecule has 0 spiro atoms.